The van der Waals surface area contributed by atoms with Crippen LogP contribution in [0, 0.1) is 17.0 Å². The molecule has 1 heterocycles. The van der Waals surface area contributed by atoms with Crippen LogP contribution in [0.25, 0.3) is 21.8 Å². The molecule has 162 valence electrons. The fourth-order valence-electron chi connectivity index (χ4n) is 3.91. The number of nitro benzene ring substituents is 1. The monoisotopic (exact) mass is 432 g/mol. The van der Waals surface area contributed by atoms with E-state index in [4.69, 9.17) is 0 Å². The second-order valence-corrected chi connectivity index (χ2v) is 7.38. The lowest BCUT2D eigenvalue weighted by atomic mass is 10.0. The van der Waals surface area contributed by atoms with E-state index in [1.54, 1.807) is 43.3 Å². The van der Waals surface area contributed by atoms with E-state index < -0.39 is 16.0 Å². The number of nitrogens with one attached hydrogen (secondary N) is 1. The molecule has 0 atom stereocenters. The number of carbonyl (C=O) groups is 1. The van der Waals surface area contributed by atoms with Crippen molar-refractivity contribution in [2.24, 2.45) is 0 Å². The highest BCUT2D eigenvalue weighted by molar-refractivity contribution is 6.08. The van der Waals surface area contributed by atoms with Crippen molar-refractivity contribution in [3.63, 3.8) is 0 Å². The molecule has 1 N–H and O–H groups in total. The maximum Gasteiger partial charge on any atom is 0.335 e. The number of ketones is 1. The van der Waals surface area contributed by atoms with Gasteiger partial charge in [-0.05, 0) is 25.5 Å². The number of benzene rings is 3. The molecule has 0 aliphatic carbocycles. The molecule has 3 aromatic carbocycles. The Kier molecular flexibility index (Phi) is 5.31. The summed E-state index contributed by atoms with van der Waals surface area (Å²) in [5.41, 5.74) is -0.255. The Morgan fingerprint density at radius 2 is 1.75 bits per heavy atom. The minimum atomic E-state index is -0.915. The fourth-order valence-corrected chi connectivity index (χ4v) is 3.91. The molecule has 1 aromatic heterocycles. The minimum absolute atomic E-state index is 0.152. The molecule has 0 amide bonds. The second-order valence-electron chi connectivity index (χ2n) is 7.38. The van der Waals surface area contributed by atoms with Gasteiger partial charge >= 0.3 is 11.1 Å². The molecule has 32 heavy (non-hydrogen) atoms. The fraction of sp³-hybridized carbons (Fsp3) is 0.174. The summed E-state index contributed by atoms with van der Waals surface area (Å²) < 4.78 is 1.07. The Hall–Kier alpha value is -4.27. The van der Waals surface area contributed by atoms with Gasteiger partial charge in [0.25, 0.3) is 5.69 Å². The van der Waals surface area contributed by atoms with Gasteiger partial charge in [-0.3, -0.25) is 24.5 Å². The Balaban J connectivity index is 1.98. The van der Waals surface area contributed by atoms with Crippen LogP contribution < -0.4 is 16.1 Å². The quantitative estimate of drug-likeness (QED) is 0.165. The number of likely N-dealkylation sites (N-methyl/N-ethyl adjacent to an activating group) is 1. The molecule has 0 radical (unpaired) electrons. The average molecular weight is 432 g/mol. The lowest BCUT2D eigenvalue weighted by Gasteiger charge is -2.26. The molecule has 0 fully saturated rings. The first kappa shape index (κ1) is 21.0. The topological polar surface area (TPSA) is 118 Å². The highest BCUT2D eigenvalue weighted by Gasteiger charge is 2.22. The number of aromatic nitrogens is 2. The maximum absolute atomic E-state index is 13.0. The zero-order valence-electron chi connectivity index (χ0n) is 17.5. The molecular formula is C23H20N4O5. The molecule has 4 aromatic rings. The minimum Gasteiger partial charge on any atom is -0.315 e. The van der Waals surface area contributed by atoms with Gasteiger partial charge in [-0.25, -0.2) is 4.68 Å². The number of nitro groups is 1. The average Bonchev–Trinajstić information content (AvgIpc) is 2.78. The zero-order chi connectivity index (χ0) is 23.0. The molecular weight excluding hydrogens is 412 g/mol. The van der Waals surface area contributed by atoms with E-state index >= 15 is 0 Å². The molecule has 0 unspecified atom stereocenters. The van der Waals surface area contributed by atoms with Crippen molar-refractivity contribution in [1.82, 2.24) is 9.66 Å². The first-order valence-corrected chi connectivity index (χ1v) is 10.0. The summed E-state index contributed by atoms with van der Waals surface area (Å²) in [5.74, 6) is -0.236. The number of nitrogens with zero attached hydrogens (tertiary/aromatic N) is 3. The van der Waals surface area contributed by atoms with Crippen molar-refractivity contribution >= 4 is 33.3 Å². The van der Waals surface area contributed by atoms with Crippen molar-refractivity contribution in [1.29, 1.82) is 0 Å². The second kappa shape index (κ2) is 8.10. The maximum atomic E-state index is 13.0. The van der Waals surface area contributed by atoms with Crippen molar-refractivity contribution < 1.29 is 9.72 Å². The van der Waals surface area contributed by atoms with Gasteiger partial charge in [-0.1, -0.05) is 42.5 Å². The Morgan fingerprint density at radius 1 is 1.09 bits per heavy atom. The van der Waals surface area contributed by atoms with Crippen LogP contribution in [0.15, 0.2) is 64.2 Å². The van der Waals surface area contributed by atoms with Crippen molar-refractivity contribution in [3.8, 4) is 0 Å². The van der Waals surface area contributed by atoms with Crippen LogP contribution in [0.4, 0.5) is 5.69 Å². The van der Waals surface area contributed by atoms with Gasteiger partial charge in [0.15, 0.2) is 5.78 Å². The number of rotatable bonds is 6. The molecule has 0 saturated heterocycles. The first-order valence-electron chi connectivity index (χ1n) is 10.0. The number of aromatic amines is 1. The molecule has 0 aliphatic rings. The zero-order valence-corrected chi connectivity index (χ0v) is 17.5. The van der Waals surface area contributed by atoms with Crippen LogP contribution in [-0.2, 0) is 0 Å². The van der Waals surface area contributed by atoms with E-state index in [-0.39, 0.29) is 35.6 Å². The van der Waals surface area contributed by atoms with E-state index in [1.807, 2.05) is 19.1 Å². The summed E-state index contributed by atoms with van der Waals surface area (Å²) in [6.07, 6.45) is 0. The summed E-state index contributed by atoms with van der Waals surface area (Å²) in [5, 5.41) is 13.9. The number of aryl methyl sites for hydroxylation is 1. The van der Waals surface area contributed by atoms with Gasteiger partial charge < -0.3 is 9.99 Å². The summed E-state index contributed by atoms with van der Waals surface area (Å²) in [6.45, 7) is 3.59. The van der Waals surface area contributed by atoms with E-state index in [1.165, 1.54) is 11.1 Å². The van der Waals surface area contributed by atoms with Crippen LogP contribution >= 0.6 is 0 Å². The summed E-state index contributed by atoms with van der Waals surface area (Å²) >= 11 is 0. The van der Waals surface area contributed by atoms with Crippen LogP contribution in [0.3, 0.4) is 0 Å². The number of carbonyl (C=O) groups excluding carboxylic acids is 1. The van der Waals surface area contributed by atoms with Crippen molar-refractivity contribution in [3.05, 3.63) is 96.5 Å². The standard InChI is InChI=1S/C23H20N4O5/c1-3-25(13-20(28)15-9-5-4-8-14(15)2)26-19-12-18(27(31)32)16-10-6-7-11-17(16)21(19)24-22(29)23(26)30/h4-12H,3,13H2,1-2H3,(H,24,29). The molecule has 9 heteroatoms. The number of hydrogen-bond acceptors (Lipinski definition) is 6. The third-order valence-corrected chi connectivity index (χ3v) is 5.47. The van der Waals surface area contributed by atoms with Crippen LogP contribution in [0.2, 0.25) is 0 Å². The van der Waals surface area contributed by atoms with E-state index in [0.717, 1.165) is 10.2 Å². The predicted octanol–water partition coefficient (Wildman–Crippen LogP) is 2.90. The summed E-state index contributed by atoms with van der Waals surface area (Å²) in [6, 6.07) is 14.9. The number of fused-ring (bicyclic) bond motifs is 3. The Morgan fingerprint density at radius 3 is 2.41 bits per heavy atom. The Bertz CT molecular complexity index is 1500. The van der Waals surface area contributed by atoms with Gasteiger partial charge in [0.1, 0.15) is 0 Å². The van der Waals surface area contributed by atoms with Gasteiger partial charge in [-0.2, -0.15) is 0 Å². The molecule has 0 aliphatic heterocycles. The van der Waals surface area contributed by atoms with Crippen LogP contribution in [-0.4, -0.2) is 33.5 Å². The van der Waals surface area contributed by atoms with Gasteiger partial charge in [-0.15, -0.1) is 0 Å². The SMILES string of the molecule is CCN(CC(=O)c1ccccc1C)n1c(=O)c(=O)[nH]c2c3ccccc3c([N+](=O)[O-])cc21. The van der Waals surface area contributed by atoms with Crippen LogP contribution in [0.1, 0.15) is 22.8 Å². The molecule has 4 rings (SSSR count). The van der Waals surface area contributed by atoms with E-state index in [9.17, 15) is 24.5 Å². The van der Waals surface area contributed by atoms with Gasteiger partial charge in [0.05, 0.1) is 27.9 Å². The number of H-pyrrole nitrogens is 1. The lowest BCUT2D eigenvalue weighted by molar-refractivity contribution is -0.383. The Labute approximate surface area is 181 Å². The highest BCUT2D eigenvalue weighted by atomic mass is 16.6. The lowest BCUT2D eigenvalue weighted by Crippen LogP contribution is -2.50. The number of non-ortho nitro benzene ring substituents is 1. The van der Waals surface area contributed by atoms with E-state index in [0.29, 0.717) is 16.3 Å². The molecule has 0 bridgehead atoms. The van der Waals surface area contributed by atoms with E-state index in [2.05, 4.69) is 4.98 Å². The number of Topliss-reactive ketones (excluding diaryl/α,β-unsaturated/α-hetero) is 1. The van der Waals surface area contributed by atoms with Crippen molar-refractivity contribution in [2.45, 2.75) is 13.8 Å². The molecule has 9 nitrogen and oxygen atoms in total. The first-order chi connectivity index (χ1) is 15.3. The summed E-state index contributed by atoms with van der Waals surface area (Å²) in [7, 11) is 0. The predicted molar refractivity (Wildman–Crippen MR) is 122 cm³/mol. The third-order valence-electron chi connectivity index (χ3n) is 5.47. The van der Waals surface area contributed by atoms with Crippen LogP contribution in [0.5, 0.6) is 0 Å². The highest BCUT2D eigenvalue weighted by Crippen LogP contribution is 2.31. The number of hydrogen-bond donors (Lipinski definition) is 1. The summed E-state index contributed by atoms with van der Waals surface area (Å²) in [4.78, 5) is 52.1. The molecule has 0 spiro atoms. The largest absolute Gasteiger partial charge is 0.335 e. The normalized spacial score (nSPS) is 11.1. The smallest absolute Gasteiger partial charge is 0.315 e. The van der Waals surface area contributed by atoms with Crippen molar-refractivity contribution in [2.75, 3.05) is 18.1 Å². The molecule has 0 saturated carbocycles. The van der Waals surface area contributed by atoms with Gasteiger partial charge in [0.2, 0.25) is 0 Å². The van der Waals surface area contributed by atoms with Gasteiger partial charge in [0, 0.05) is 23.6 Å². The third kappa shape index (κ3) is 3.43.